The van der Waals surface area contributed by atoms with Gasteiger partial charge < -0.3 is 4.74 Å². The molecule has 4 rings (SSSR count). The first-order valence-corrected chi connectivity index (χ1v) is 13.5. The van der Waals surface area contributed by atoms with E-state index in [-0.39, 0.29) is 28.0 Å². The van der Waals surface area contributed by atoms with Gasteiger partial charge in [0.1, 0.15) is 0 Å². The summed E-state index contributed by atoms with van der Waals surface area (Å²) >= 11 is 1.16. The van der Waals surface area contributed by atoms with Gasteiger partial charge >= 0.3 is 148 Å². The minimum Gasteiger partial charge on any atom is -0.209 e. The van der Waals surface area contributed by atoms with Gasteiger partial charge in [0.15, 0.2) is 0 Å². The Bertz CT molecular complexity index is 1150. The normalized spacial score (nSPS) is 13.9. The summed E-state index contributed by atoms with van der Waals surface area (Å²) < 4.78 is 43.2. The maximum atomic E-state index is 13.0. The predicted molar refractivity (Wildman–Crippen MR) is 121 cm³/mol. The summed E-state index contributed by atoms with van der Waals surface area (Å²) in [6.07, 6.45) is 5.52. The molecule has 1 aliphatic heterocycles. The number of alkyl halides is 2. The molecule has 33 heavy (non-hydrogen) atoms. The van der Waals surface area contributed by atoms with E-state index < -0.39 is 6.43 Å². The molecule has 1 aliphatic rings. The Morgan fingerprint density at radius 2 is 2.27 bits per heavy atom. The fourth-order valence-electron chi connectivity index (χ4n) is 3.40. The van der Waals surface area contributed by atoms with Crippen molar-refractivity contribution in [2.75, 3.05) is 31.6 Å². The molecule has 0 aromatic carbocycles. The van der Waals surface area contributed by atoms with Gasteiger partial charge in [-0.1, -0.05) is 0 Å². The molecule has 4 heterocycles. The summed E-state index contributed by atoms with van der Waals surface area (Å²) in [7, 11) is 0. The average Bonchev–Trinajstić information content (AvgIpc) is 3.41. The molecule has 0 unspecified atom stereocenters. The number of rotatable bonds is 11. The first-order chi connectivity index (χ1) is 16.0. The molecule has 0 atom stereocenters. The molecule has 0 fully saturated rings. The van der Waals surface area contributed by atoms with Crippen molar-refractivity contribution in [2.45, 2.75) is 26.8 Å². The van der Waals surface area contributed by atoms with Crippen LogP contribution in [-0.4, -0.2) is 56.4 Å². The molecule has 3 aromatic rings. The van der Waals surface area contributed by atoms with Gasteiger partial charge in [0.25, 0.3) is 6.43 Å². The van der Waals surface area contributed by atoms with Crippen LogP contribution >= 0.6 is 11.5 Å². The number of hydrogen-bond acceptors (Lipinski definition) is 8. The van der Waals surface area contributed by atoms with Crippen molar-refractivity contribution >= 4 is 33.6 Å². The van der Waals surface area contributed by atoms with Crippen molar-refractivity contribution in [1.29, 1.82) is 0 Å². The molecule has 0 saturated heterocycles. The Hall–Kier alpha value is -2.16. The van der Waals surface area contributed by atoms with Crippen LogP contribution < -0.4 is 30.3 Å². The van der Waals surface area contributed by atoms with Crippen LogP contribution in [0.15, 0.2) is 34.8 Å². The topological polar surface area (TPSA) is 79.6 Å². The van der Waals surface area contributed by atoms with Crippen molar-refractivity contribution in [3.05, 3.63) is 51.9 Å². The van der Waals surface area contributed by atoms with Gasteiger partial charge in [0, 0.05) is 13.2 Å². The number of aromatic nitrogens is 4. The quantitative estimate of drug-likeness (QED) is 0.195. The summed E-state index contributed by atoms with van der Waals surface area (Å²) in [5, 5.41) is 4.09. The van der Waals surface area contributed by atoms with Crippen LogP contribution in [0.3, 0.4) is 0 Å². The molecule has 2 N–H and O–H groups in total. The summed E-state index contributed by atoms with van der Waals surface area (Å²) in [6, 6.07) is 1.87. The van der Waals surface area contributed by atoms with E-state index in [2.05, 4.69) is 33.3 Å². The number of nitrogens with zero attached hydrogens (tertiary/aromatic N) is 5. The number of nitrogens with one attached hydrogen (secondary N) is 2. The molecule has 0 aliphatic carbocycles. The number of ether oxygens (including phenoxy) is 1. The molecule has 8 nitrogen and oxygen atoms in total. The second-order valence-corrected chi connectivity index (χ2v) is 10.1. The van der Waals surface area contributed by atoms with E-state index in [1.54, 1.807) is 4.90 Å². The minimum atomic E-state index is -2.41. The molecule has 0 bridgehead atoms. The van der Waals surface area contributed by atoms with Crippen LogP contribution in [0.5, 0.6) is 0 Å². The molecule has 0 radical (unpaired) electrons. The summed E-state index contributed by atoms with van der Waals surface area (Å²) in [6.45, 7) is 5.23. The van der Waals surface area contributed by atoms with Crippen LogP contribution in [0.4, 0.5) is 19.6 Å². The van der Waals surface area contributed by atoms with E-state index in [0.717, 1.165) is 27.7 Å². The maximum Gasteiger partial charge on any atom is 0.251 e. The molecule has 12 heteroatoms. The van der Waals surface area contributed by atoms with E-state index in [1.165, 1.54) is 11.5 Å². The third-order valence-electron chi connectivity index (χ3n) is 4.83. The molecule has 0 spiro atoms. The smallest absolute Gasteiger partial charge is 0.209 e. The van der Waals surface area contributed by atoms with E-state index in [4.69, 9.17) is 4.74 Å². The zero-order chi connectivity index (χ0) is 23.2. The fourth-order valence-corrected chi connectivity index (χ4v) is 5.35. The number of hydrogen-bond donors (Lipinski definition) is 2. The van der Waals surface area contributed by atoms with Gasteiger partial charge in [-0.15, -0.1) is 0 Å². The molecular formula is C21H25F2IN7OS-. The van der Waals surface area contributed by atoms with Gasteiger partial charge in [-0.2, -0.15) is 0 Å². The Kier molecular flexibility index (Phi) is 8.22. The van der Waals surface area contributed by atoms with Crippen LogP contribution in [0.2, 0.25) is 0 Å². The monoisotopic (exact) mass is 588 g/mol. The van der Waals surface area contributed by atoms with Crippen LogP contribution in [0.25, 0.3) is 11.2 Å². The third kappa shape index (κ3) is 6.25. The number of fused-ring (bicyclic) bond motifs is 1. The average molecular weight is 588 g/mol. The number of allylic oxidation sites excluding steroid dienone is 2. The molecule has 178 valence electrons. The fraction of sp³-hybridized carbons (Fsp3) is 0.381. The predicted octanol–water partition coefficient (Wildman–Crippen LogP) is 0.803. The zero-order valence-corrected chi connectivity index (χ0v) is 21.2. The Balaban J connectivity index is 1.51. The van der Waals surface area contributed by atoms with Gasteiger partial charge in [0.05, 0.1) is 13.2 Å². The zero-order valence-electron chi connectivity index (χ0n) is 18.3. The first-order valence-electron chi connectivity index (χ1n) is 10.4. The van der Waals surface area contributed by atoms with E-state index in [9.17, 15) is 8.78 Å². The van der Waals surface area contributed by atoms with Gasteiger partial charge in [-0.25, -0.2) is 8.78 Å². The summed E-state index contributed by atoms with van der Waals surface area (Å²) in [5.41, 5.74) is 4.31. The Morgan fingerprint density at radius 3 is 3.03 bits per heavy atom. The van der Waals surface area contributed by atoms with Crippen molar-refractivity contribution in [1.82, 2.24) is 27.2 Å². The Morgan fingerprint density at radius 1 is 1.39 bits per heavy atom. The van der Waals surface area contributed by atoms with E-state index in [1.807, 2.05) is 42.9 Å². The summed E-state index contributed by atoms with van der Waals surface area (Å²) in [5.74, 6) is 0.623. The second-order valence-electron chi connectivity index (χ2n) is 7.31. The van der Waals surface area contributed by atoms with Gasteiger partial charge in [-0.3, -0.25) is 4.90 Å². The standard InChI is InChI=1S/C21H25F2IN7OS/c1-3-32-7-6-30(13-18(22)23)12-16-8-19(33-29-16)28-20-21-25-10-17(15-4-5-24-26-9-15)31(21)11-14(2)27-20/h4-5,8-11,18,26H,3,6-7,12-13H2,1-2H3,(H,27,28)/q-1. The SMILES string of the molecule is CCOCCN(Cc1cc(Nc2nc(C)cn3c(C4=CN[I-]C=C4)cnc23)sn1)CC(F)F. The number of anilines is 2. The van der Waals surface area contributed by atoms with Crippen molar-refractivity contribution in [3.63, 3.8) is 0 Å². The van der Waals surface area contributed by atoms with Gasteiger partial charge in [-0.05, 0) is 6.92 Å². The molecule has 3 aromatic heterocycles. The van der Waals surface area contributed by atoms with E-state index in [0.29, 0.717) is 37.8 Å². The van der Waals surface area contributed by atoms with Crippen molar-refractivity contribution < 1.29 is 35.0 Å². The molecule has 0 amide bonds. The largest absolute Gasteiger partial charge is 0.251 e. The van der Waals surface area contributed by atoms with Crippen molar-refractivity contribution in [3.8, 4) is 0 Å². The van der Waals surface area contributed by atoms with E-state index >= 15 is 0 Å². The minimum absolute atomic E-state index is 0.114. The summed E-state index contributed by atoms with van der Waals surface area (Å²) in [4.78, 5) is 10.9. The molecular weight excluding hydrogens is 563 g/mol. The third-order valence-corrected chi connectivity index (χ3v) is 6.96. The van der Waals surface area contributed by atoms with Crippen LogP contribution in [0.1, 0.15) is 24.0 Å². The maximum absolute atomic E-state index is 13.0. The van der Waals surface area contributed by atoms with Crippen molar-refractivity contribution in [2.24, 2.45) is 0 Å². The van der Waals surface area contributed by atoms with Crippen LogP contribution in [-0.2, 0) is 11.3 Å². The first kappa shape index (κ1) is 24.0. The molecule has 0 saturated carbocycles. The number of imidazole rings is 1. The number of halogens is 3. The Labute approximate surface area is 205 Å². The van der Waals surface area contributed by atoms with Crippen LogP contribution in [0, 0.1) is 6.92 Å². The number of aryl methyl sites for hydroxylation is 1. The second kappa shape index (κ2) is 11.3. The van der Waals surface area contributed by atoms with Gasteiger partial charge in [0.2, 0.25) is 0 Å².